The van der Waals surface area contributed by atoms with E-state index in [9.17, 15) is 9.59 Å². The number of hydrogen-bond donors (Lipinski definition) is 1. The lowest BCUT2D eigenvalue weighted by molar-refractivity contribution is -0.107. The number of carbonyl (C=O) groups is 2. The van der Waals surface area contributed by atoms with E-state index < -0.39 is 0 Å². The van der Waals surface area contributed by atoms with Crippen molar-refractivity contribution in [1.29, 1.82) is 0 Å². The summed E-state index contributed by atoms with van der Waals surface area (Å²) in [6.45, 7) is 4.77. The standard InChI is InChI=1S/C10H12N2O2.C3H8.H2/c13-7-2-1-6-12-10(14)9-4-3-5-11-8-9;1-3-2;/h3-5,7-8H,1-2,6H2,(H,12,14);3H2,1-2H3;1H. The summed E-state index contributed by atoms with van der Waals surface area (Å²) in [7, 11) is 0. The Morgan fingerprint density at radius 1 is 1.53 bits per heavy atom. The molecule has 0 unspecified atom stereocenters. The van der Waals surface area contributed by atoms with E-state index in [1.807, 2.05) is 0 Å². The van der Waals surface area contributed by atoms with Crippen molar-refractivity contribution in [3.63, 3.8) is 0 Å². The SMILES string of the molecule is CCC.O=CCCCNC(=O)c1cccnc1.[HH]. The fourth-order valence-corrected chi connectivity index (χ4v) is 0.986. The minimum Gasteiger partial charge on any atom is -0.352 e. The molecule has 96 valence electrons. The van der Waals surface area contributed by atoms with Crippen LogP contribution in [0.2, 0.25) is 0 Å². The highest BCUT2D eigenvalue weighted by Gasteiger charge is 2.02. The Morgan fingerprint density at radius 3 is 2.76 bits per heavy atom. The molecular weight excluding hydrogens is 216 g/mol. The fourth-order valence-electron chi connectivity index (χ4n) is 0.986. The average Bonchev–Trinajstić information content (AvgIpc) is 2.36. The van der Waals surface area contributed by atoms with E-state index in [4.69, 9.17) is 0 Å². The van der Waals surface area contributed by atoms with Crippen molar-refractivity contribution in [2.75, 3.05) is 6.54 Å². The van der Waals surface area contributed by atoms with E-state index >= 15 is 0 Å². The minimum absolute atomic E-state index is 0. The van der Waals surface area contributed by atoms with Gasteiger partial charge in [-0.15, -0.1) is 0 Å². The molecule has 0 aliphatic carbocycles. The molecule has 0 bridgehead atoms. The number of nitrogens with one attached hydrogen (secondary N) is 1. The number of pyridine rings is 1. The lowest BCUT2D eigenvalue weighted by atomic mass is 10.2. The van der Waals surface area contributed by atoms with Crippen LogP contribution in [0.5, 0.6) is 0 Å². The third-order valence-corrected chi connectivity index (χ3v) is 1.71. The molecule has 0 spiro atoms. The van der Waals surface area contributed by atoms with Crippen LogP contribution in [0.25, 0.3) is 0 Å². The smallest absolute Gasteiger partial charge is 0.252 e. The molecule has 4 nitrogen and oxygen atoms in total. The molecule has 1 amide bonds. The zero-order chi connectivity index (χ0) is 12.9. The van der Waals surface area contributed by atoms with Crippen molar-refractivity contribution < 1.29 is 11.0 Å². The van der Waals surface area contributed by atoms with Crippen LogP contribution in [0.4, 0.5) is 0 Å². The molecule has 0 fully saturated rings. The Hall–Kier alpha value is -1.71. The molecule has 0 radical (unpaired) electrons. The Balaban J connectivity index is 0. The first-order chi connectivity index (χ1) is 8.26. The number of carbonyl (C=O) groups excluding carboxylic acids is 2. The van der Waals surface area contributed by atoms with Gasteiger partial charge >= 0.3 is 0 Å². The Morgan fingerprint density at radius 2 is 2.24 bits per heavy atom. The number of nitrogens with zero attached hydrogens (tertiary/aromatic N) is 1. The summed E-state index contributed by atoms with van der Waals surface area (Å²) in [5.74, 6) is -0.149. The van der Waals surface area contributed by atoms with Crippen LogP contribution < -0.4 is 5.32 Å². The first kappa shape index (κ1) is 15.3. The molecule has 1 N–H and O–H groups in total. The van der Waals surface area contributed by atoms with E-state index in [0.717, 1.165) is 6.29 Å². The van der Waals surface area contributed by atoms with Crippen LogP contribution >= 0.6 is 0 Å². The highest BCUT2D eigenvalue weighted by Crippen LogP contribution is 1.94. The number of aromatic nitrogens is 1. The predicted molar refractivity (Wildman–Crippen MR) is 69.9 cm³/mol. The van der Waals surface area contributed by atoms with Crippen molar-refractivity contribution in [3.8, 4) is 0 Å². The molecule has 0 saturated heterocycles. The Bertz CT molecular complexity index is 318. The molecule has 0 aliphatic heterocycles. The molecule has 1 aromatic heterocycles. The lowest BCUT2D eigenvalue weighted by Crippen LogP contribution is -2.24. The highest BCUT2D eigenvalue weighted by atomic mass is 16.1. The number of aldehydes is 1. The number of unbranched alkanes of at least 4 members (excludes halogenated alkanes) is 1. The van der Waals surface area contributed by atoms with Crippen LogP contribution in [-0.4, -0.2) is 23.7 Å². The highest BCUT2D eigenvalue weighted by molar-refractivity contribution is 5.93. The Kier molecular flexibility index (Phi) is 9.71. The molecule has 1 aromatic rings. The van der Waals surface area contributed by atoms with Gasteiger partial charge in [0, 0.05) is 26.8 Å². The third kappa shape index (κ3) is 8.13. The summed E-state index contributed by atoms with van der Waals surface area (Å²) in [6.07, 6.45) is 6.37. The third-order valence-electron chi connectivity index (χ3n) is 1.71. The van der Waals surface area contributed by atoms with E-state index in [2.05, 4.69) is 24.1 Å². The molecule has 1 rings (SSSR count). The van der Waals surface area contributed by atoms with Gasteiger partial charge in [0.1, 0.15) is 6.29 Å². The second-order valence-corrected chi connectivity index (χ2v) is 3.51. The zero-order valence-corrected chi connectivity index (χ0v) is 10.5. The normalized spacial score (nSPS) is 8.82. The van der Waals surface area contributed by atoms with E-state index in [0.29, 0.717) is 24.9 Å². The van der Waals surface area contributed by atoms with Gasteiger partial charge in [-0.25, -0.2) is 0 Å². The quantitative estimate of drug-likeness (QED) is 0.633. The molecule has 1 heterocycles. The summed E-state index contributed by atoms with van der Waals surface area (Å²) >= 11 is 0. The van der Waals surface area contributed by atoms with E-state index in [-0.39, 0.29) is 7.33 Å². The van der Waals surface area contributed by atoms with Crippen LogP contribution in [0, 0.1) is 0 Å². The number of amides is 1. The van der Waals surface area contributed by atoms with Gasteiger partial charge in [0.05, 0.1) is 5.56 Å². The maximum absolute atomic E-state index is 11.4. The first-order valence-electron chi connectivity index (χ1n) is 5.88. The largest absolute Gasteiger partial charge is 0.352 e. The predicted octanol–water partition coefficient (Wildman–Crippen LogP) is 2.45. The van der Waals surface area contributed by atoms with Crippen LogP contribution in [0.1, 0.15) is 44.9 Å². The van der Waals surface area contributed by atoms with Gasteiger partial charge in [0.15, 0.2) is 0 Å². The summed E-state index contributed by atoms with van der Waals surface area (Å²) in [6, 6.07) is 3.41. The second kappa shape index (κ2) is 10.8. The molecule has 0 aromatic carbocycles. The maximum Gasteiger partial charge on any atom is 0.252 e. The fraction of sp³-hybridized carbons (Fsp3) is 0.462. The summed E-state index contributed by atoms with van der Waals surface area (Å²) in [5, 5.41) is 2.70. The second-order valence-electron chi connectivity index (χ2n) is 3.51. The molecular formula is C13H22N2O2. The summed E-state index contributed by atoms with van der Waals surface area (Å²) < 4.78 is 0. The zero-order valence-electron chi connectivity index (χ0n) is 10.5. The number of rotatable bonds is 5. The van der Waals surface area contributed by atoms with Gasteiger partial charge in [-0.05, 0) is 18.6 Å². The van der Waals surface area contributed by atoms with Crippen LogP contribution in [-0.2, 0) is 4.79 Å². The van der Waals surface area contributed by atoms with E-state index in [1.54, 1.807) is 18.3 Å². The average molecular weight is 238 g/mol. The van der Waals surface area contributed by atoms with Crippen molar-refractivity contribution >= 4 is 12.2 Å². The van der Waals surface area contributed by atoms with Crippen molar-refractivity contribution in [2.24, 2.45) is 0 Å². The summed E-state index contributed by atoms with van der Waals surface area (Å²) in [5.41, 5.74) is 0.540. The molecule has 0 saturated carbocycles. The van der Waals surface area contributed by atoms with Gasteiger partial charge in [-0.1, -0.05) is 20.3 Å². The number of hydrogen-bond acceptors (Lipinski definition) is 3. The monoisotopic (exact) mass is 238 g/mol. The first-order valence-corrected chi connectivity index (χ1v) is 5.88. The van der Waals surface area contributed by atoms with Crippen LogP contribution in [0.3, 0.4) is 0 Å². The van der Waals surface area contributed by atoms with Crippen molar-refractivity contribution in [3.05, 3.63) is 30.1 Å². The van der Waals surface area contributed by atoms with Crippen molar-refractivity contribution in [1.82, 2.24) is 10.3 Å². The summed E-state index contributed by atoms with van der Waals surface area (Å²) in [4.78, 5) is 25.2. The van der Waals surface area contributed by atoms with Crippen LogP contribution in [0.15, 0.2) is 24.5 Å². The molecule has 4 heteroatoms. The van der Waals surface area contributed by atoms with Gasteiger partial charge in [-0.2, -0.15) is 0 Å². The molecule has 17 heavy (non-hydrogen) atoms. The van der Waals surface area contributed by atoms with Gasteiger partial charge < -0.3 is 10.1 Å². The minimum atomic E-state index is -0.149. The van der Waals surface area contributed by atoms with Gasteiger partial charge in [-0.3, -0.25) is 9.78 Å². The Labute approximate surface area is 104 Å². The lowest BCUT2D eigenvalue weighted by Gasteiger charge is -2.02. The van der Waals surface area contributed by atoms with Crippen molar-refractivity contribution in [2.45, 2.75) is 33.1 Å². The maximum atomic E-state index is 11.4. The molecule has 0 atom stereocenters. The molecule has 0 aliphatic rings. The van der Waals surface area contributed by atoms with Gasteiger partial charge in [0.25, 0.3) is 5.91 Å². The van der Waals surface area contributed by atoms with E-state index in [1.165, 1.54) is 12.6 Å². The van der Waals surface area contributed by atoms with Gasteiger partial charge in [0.2, 0.25) is 0 Å². The topological polar surface area (TPSA) is 59.1 Å².